The van der Waals surface area contributed by atoms with Crippen molar-refractivity contribution in [1.29, 1.82) is 0 Å². The monoisotopic (exact) mass is 275 g/mol. The Bertz CT molecular complexity index is 620. The van der Waals surface area contributed by atoms with Gasteiger partial charge < -0.3 is 10.4 Å². The molecule has 3 rings (SSSR count). The number of aliphatic hydroxyl groups excluding tert-OH is 1. The van der Waals surface area contributed by atoms with E-state index in [-0.39, 0.29) is 18.0 Å². The Morgan fingerprint density at radius 1 is 1.45 bits per heavy atom. The van der Waals surface area contributed by atoms with Crippen molar-refractivity contribution < 1.29 is 19.1 Å². The summed E-state index contributed by atoms with van der Waals surface area (Å²) in [5.74, 6) is -1.01. The van der Waals surface area contributed by atoms with Crippen molar-refractivity contribution in [1.82, 2.24) is 5.32 Å². The smallest absolute Gasteiger partial charge is 0.253 e. The normalized spacial score (nSPS) is 18.2. The van der Waals surface area contributed by atoms with E-state index in [4.69, 9.17) is 0 Å². The van der Waals surface area contributed by atoms with Crippen LogP contribution in [0.1, 0.15) is 35.6 Å². The quantitative estimate of drug-likeness (QED) is 0.813. The number of carbonyl (C=O) groups is 2. The zero-order chi connectivity index (χ0) is 14.3. The highest BCUT2D eigenvalue weighted by Crippen LogP contribution is 2.30. The molecule has 0 bridgehead atoms. The first-order valence-corrected chi connectivity index (χ1v) is 6.55. The van der Waals surface area contributed by atoms with Gasteiger partial charge in [0.05, 0.1) is 0 Å². The van der Waals surface area contributed by atoms with Crippen molar-refractivity contribution in [2.24, 2.45) is 0 Å². The number of benzene rings is 1. The van der Waals surface area contributed by atoms with E-state index in [9.17, 15) is 19.1 Å². The maximum absolute atomic E-state index is 14.0. The second-order valence-corrected chi connectivity index (χ2v) is 5.27. The van der Waals surface area contributed by atoms with Gasteiger partial charge in [-0.25, -0.2) is 4.39 Å². The third-order valence-corrected chi connectivity index (χ3v) is 3.61. The number of carbonyl (C=O) groups excluding carboxylic acids is 2. The third kappa shape index (κ3) is 2.36. The number of aldehydes is 1. The fourth-order valence-corrected chi connectivity index (χ4v) is 2.34. The Balaban J connectivity index is 1.87. The molecule has 104 valence electrons. The molecule has 4 nitrogen and oxygen atoms in total. The standard InChI is InChI=1S/C15H14FNO3/c16-13-6-10(14(19)15(20)17-11-1-2-11)5-9-3-8(7-18)4-12(9)13/h3,5-7,11,14,19H,1-2,4H2,(H,17,20). The molecule has 2 aliphatic carbocycles. The second-order valence-electron chi connectivity index (χ2n) is 5.27. The highest BCUT2D eigenvalue weighted by molar-refractivity contribution is 5.87. The van der Waals surface area contributed by atoms with Crippen LogP contribution in [0.4, 0.5) is 4.39 Å². The van der Waals surface area contributed by atoms with E-state index in [1.165, 1.54) is 0 Å². The lowest BCUT2D eigenvalue weighted by Gasteiger charge is -2.13. The summed E-state index contributed by atoms with van der Waals surface area (Å²) in [6, 6.07) is 2.86. The van der Waals surface area contributed by atoms with Crippen LogP contribution in [0.2, 0.25) is 0 Å². The zero-order valence-corrected chi connectivity index (χ0v) is 10.7. The summed E-state index contributed by atoms with van der Waals surface area (Å²) in [5, 5.41) is 12.7. The molecule has 0 spiro atoms. The van der Waals surface area contributed by atoms with Gasteiger partial charge in [-0.2, -0.15) is 0 Å². The van der Waals surface area contributed by atoms with Gasteiger partial charge in [-0.3, -0.25) is 9.59 Å². The molecule has 1 amide bonds. The van der Waals surface area contributed by atoms with E-state index in [0.717, 1.165) is 18.9 Å². The highest BCUT2D eigenvalue weighted by Gasteiger charge is 2.28. The van der Waals surface area contributed by atoms with Gasteiger partial charge in [0.15, 0.2) is 6.10 Å². The maximum atomic E-state index is 14.0. The molecule has 0 saturated heterocycles. The lowest BCUT2D eigenvalue weighted by atomic mass is 10.0. The number of halogens is 1. The maximum Gasteiger partial charge on any atom is 0.253 e. The molecule has 0 heterocycles. The van der Waals surface area contributed by atoms with Crippen LogP contribution in [0.25, 0.3) is 6.08 Å². The number of hydrogen-bond donors (Lipinski definition) is 2. The van der Waals surface area contributed by atoms with Crippen LogP contribution in [0.5, 0.6) is 0 Å². The Morgan fingerprint density at radius 3 is 2.85 bits per heavy atom. The largest absolute Gasteiger partial charge is 0.378 e. The number of fused-ring (bicyclic) bond motifs is 1. The first-order valence-electron chi connectivity index (χ1n) is 6.55. The van der Waals surface area contributed by atoms with Crippen LogP contribution in [-0.2, 0) is 16.0 Å². The average molecular weight is 275 g/mol. The molecule has 1 unspecified atom stereocenters. The highest BCUT2D eigenvalue weighted by atomic mass is 19.1. The Hall–Kier alpha value is -2.01. The van der Waals surface area contributed by atoms with Crippen LogP contribution < -0.4 is 5.32 Å². The lowest BCUT2D eigenvalue weighted by molar-refractivity contribution is -0.129. The van der Waals surface area contributed by atoms with Crippen molar-refractivity contribution in [3.05, 3.63) is 40.2 Å². The minimum absolute atomic E-state index is 0.137. The van der Waals surface area contributed by atoms with E-state index >= 15 is 0 Å². The molecule has 20 heavy (non-hydrogen) atoms. The van der Waals surface area contributed by atoms with Gasteiger partial charge in [0, 0.05) is 12.5 Å². The van der Waals surface area contributed by atoms with E-state index < -0.39 is 17.8 Å². The minimum atomic E-state index is -1.39. The summed E-state index contributed by atoms with van der Waals surface area (Å²) in [6.07, 6.45) is 2.99. The van der Waals surface area contributed by atoms with E-state index in [2.05, 4.69) is 5.32 Å². The number of hydrogen-bond acceptors (Lipinski definition) is 3. The van der Waals surface area contributed by atoms with E-state index in [0.29, 0.717) is 23.0 Å². The molecule has 0 aromatic heterocycles. The fourth-order valence-electron chi connectivity index (χ4n) is 2.34. The number of amides is 1. The Morgan fingerprint density at radius 2 is 2.20 bits per heavy atom. The Kier molecular flexibility index (Phi) is 3.14. The van der Waals surface area contributed by atoms with Crippen LogP contribution >= 0.6 is 0 Å². The van der Waals surface area contributed by atoms with E-state index in [1.807, 2.05) is 0 Å². The Labute approximate surface area is 115 Å². The average Bonchev–Trinajstić information content (AvgIpc) is 3.13. The van der Waals surface area contributed by atoms with Crippen molar-refractivity contribution in [2.75, 3.05) is 0 Å². The summed E-state index contributed by atoms with van der Waals surface area (Å²) < 4.78 is 14.0. The van der Waals surface area contributed by atoms with Gasteiger partial charge in [0.1, 0.15) is 12.1 Å². The summed E-state index contributed by atoms with van der Waals surface area (Å²) in [7, 11) is 0. The predicted molar refractivity (Wildman–Crippen MR) is 70.3 cm³/mol. The molecule has 0 radical (unpaired) electrons. The van der Waals surface area contributed by atoms with Crippen LogP contribution in [0.3, 0.4) is 0 Å². The predicted octanol–water partition coefficient (Wildman–Crippen LogP) is 1.28. The molecule has 5 heteroatoms. The van der Waals surface area contributed by atoms with Crippen LogP contribution in [0.15, 0.2) is 17.7 Å². The molecular weight excluding hydrogens is 261 g/mol. The van der Waals surface area contributed by atoms with Crippen molar-refractivity contribution in [3.8, 4) is 0 Å². The van der Waals surface area contributed by atoms with Crippen molar-refractivity contribution in [2.45, 2.75) is 31.4 Å². The summed E-state index contributed by atoms with van der Waals surface area (Å²) in [6.45, 7) is 0. The van der Waals surface area contributed by atoms with Gasteiger partial charge in [0.2, 0.25) is 0 Å². The number of rotatable bonds is 4. The summed E-state index contributed by atoms with van der Waals surface area (Å²) >= 11 is 0. The molecule has 1 aromatic carbocycles. The van der Waals surface area contributed by atoms with E-state index in [1.54, 1.807) is 12.1 Å². The number of allylic oxidation sites excluding steroid dienone is 1. The van der Waals surface area contributed by atoms with Crippen molar-refractivity contribution in [3.63, 3.8) is 0 Å². The van der Waals surface area contributed by atoms with Crippen molar-refractivity contribution >= 4 is 18.3 Å². The van der Waals surface area contributed by atoms with Crippen LogP contribution in [-0.4, -0.2) is 23.3 Å². The van der Waals surface area contributed by atoms with Gasteiger partial charge in [-0.15, -0.1) is 0 Å². The van der Waals surface area contributed by atoms with Gasteiger partial charge >= 0.3 is 0 Å². The van der Waals surface area contributed by atoms with Gasteiger partial charge in [0.25, 0.3) is 5.91 Å². The molecule has 1 aromatic rings. The third-order valence-electron chi connectivity index (χ3n) is 3.61. The molecule has 1 fully saturated rings. The number of aliphatic hydroxyl groups is 1. The van der Waals surface area contributed by atoms with Gasteiger partial charge in [-0.05, 0) is 53.3 Å². The van der Waals surface area contributed by atoms with Gasteiger partial charge in [-0.1, -0.05) is 0 Å². The molecule has 1 atom stereocenters. The zero-order valence-electron chi connectivity index (χ0n) is 10.7. The summed E-state index contributed by atoms with van der Waals surface area (Å²) in [5.41, 5.74) is 1.70. The topological polar surface area (TPSA) is 66.4 Å². The molecular formula is C15H14FNO3. The summed E-state index contributed by atoms with van der Waals surface area (Å²) in [4.78, 5) is 22.5. The molecule has 1 saturated carbocycles. The first kappa shape index (κ1) is 13.0. The first-order chi connectivity index (χ1) is 9.58. The molecule has 2 aliphatic rings. The lowest BCUT2D eigenvalue weighted by Crippen LogP contribution is -2.31. The molecule has 0 aliphatic heterocycles. The minimum Gasteiger partial charge on any atom is -0.378 e. The number of nitrogens with one attached hydrogen (secondary N) is 1. The second kappa shape index (κ2) is 4.83. The fraction of sp³-hybridized carbons (Fsp3) is 0.333. The molecule has 2 N–H and O–H groups in total. The van der Waals surface area contributed by atoms with Crippen LogP contribution in [0, 0.1) is 5.82 Å². The SMILES string of the molecule is O=CC1=Cc2cc(C(O)C(=O)NC3CC3)cc(F)c2C1.